The summed E-state index contributed by atoms with van der Waals surface area (Å²) in [4.78, 5) is 40.6. The number of para-hydroxylation sites is 1. The number of primary amides is 1. The molecule has 4 aromatic rings. The lowest BCUT2D eigenvalue weighted by Gasteiger charge is -2.28. The first-order valence-electron chi connectivity index (χ1n) is 11.0. The summed E-state index contributed by atoms with van der Waals surface area (Å²) in [7, 11) is 0. The van der Waals surface area contributed by atoms with Gasteiger partial charge in [0.25, 0.3) is 0 Å². The molecule has 0 unspecified atom stereocenters. The number of amides is 1. The van der Waals surface area contributed by atoms with Crippen LogP contribution in [0.5, 0.6) is 0 Å². The lowest BCUT2D eigenvalue weighted by atomic mass is 9.75. The quantitative estimate of drug-likeness (QED) is 0.245. The summed E-state index contributed by atoms with van der Waals surface area (Å²) in [5.74, 6) is -0.835. The fraction of sp³-hybridized carbons (Fsp3) is 0. The van der Waals surface area contributed by atoms with Crippen molar-refractivity contribution in [2.24, 2.45) is 0 Å². The van der Waals surface area contributed by atoms with Gasteiger partial charge in [0.2, 0.25) is 5.78 Å². The Labute approximate surface area is 195 Å². The van der Waals surface area contributed by atoms with Crippen molar-refractivity contribution in [1.82, 2.24) is 0 Å². The zero-order chi connectivity index (χ0) is 23.2. The predicted molar refractivity (Wildman–Crippen MR) is 129 cm³/mol. The van der Waals surface area contributed by atoms with Crippen molar-refractivity contribution in [3.63, 3.8) is 0 Å². The van der Waals surface area contributed by atoms with Crippen molar-refractivity contribution in [2.45, 2.75) is 0 Å². The van der Waals surface area contributed by atoms with Gasteiger partial charge in [0.15, 0.2) is 5.78 Å². The molecule has 162 valence electrons. The summed E-state index contributed by atoms with van der Waals surface area (Å²) in [6.45, 7) is 0. The number of carbonyl (C=O) groups is 3. The molecular weight excluding hydrogens is 424 g/mol. The van der Waals surface area contributed by atoms with E-state index in [4.69, 9.17) is 0 Å². The lowest BCUT2D eigenvalue weighted by Crippen LogP contribution is -2.84. The number of anilines is 2. The van der Waals surface area contributed by atoms with Gasteiger partial charge in [0, 0.05) is 28.5 Å². The number of ketones is 2. The second-order valence-corrected chi connectivity index (χ2v) is 8.27. The van der Waals surface area contributed by atoms with E-state index in [1.165, 1.54) is 5.32 Å². The van der Waals surface area contributed by atoms with Crippen molar-refractivity contribution >= 4 is 40.1 Å². The number of hydrogen-bond acceptors (Lipinski definition) is 4. The Kier molecular flexibility index (Phi) is 4.57. The standard InChI is InChI=1S/C29H18N2O3/c32-27(17-9-3-1-4-10-17)26-23-19-13-7-8-14-20(19)28(33)25-22(30-18-11-5-2-6-12-18)16-15-21(24(23)25)31-29(26)34/h1-16,30H,(H,31,34)/p+1. The summed E-state index contributed by atoms with van der Waals surface area (Å²) in [5, 5.41) is 4.81. The molecule has 0 saturated heterocycles. The number of Topliss-reactive ketones (excluding diaryl/α,β-unsaturated/α-hetero) is 1. The first kappa shape index (κ1) is 20.0. The second kappa shape index (κ2) is 7.76. The third-order valence-electron chi connectivity index (χ3n) is 6.25. The molecular formula is C29H19N2O3+. The number of hydrogen-bond donors (Lipinski definition) is 2. The number of quaternary nitrogens is 1. The average Bonchev–Trinajstić information content (AvgIpc) is 2.88. The minimum absolute atomic E-state index is 0.0942. The first-order chi connectivity index (χ1) is 16.6. The van der Waals surface area contributed by atoms with Gasteiger partial charge in [0.05, 0.1) is 16.8 Å². The summed E-state index contributed by atoms with van der Waals surface area (Å²) in [6, 6.07) is 29.2. The molecule has 0 saturated carbocycles. The second-order valence-electron chi connectivity index (χ2n) is 8.27. The fourth-order valence-electron chi connectivity index (χ4n) is 4.75. The highest BCUT2D eigenvalue weighted by atomic mass is 16.2. The summed E-state index contributed by atoms with van der Waals surface area (Å²) in [5.41, 5.74) is 5.36. The number of fused-ring (bicyclic) bond motifs is 2. The number of benzene rings is 4. The predicted octanol–water partition coefficient (Wildman–Crippen LogP) is 4.39. The van der Waals surface area contributed by atoms with Gasteiger partial charge in [-0.3, -0.25) is 9.59 Å². The maximum atomic E-state index is 13.7. The summed E-state index contributed by atoms with van der Waals surface area (Å²) >= 11 is 0. The molecule has 0 bridgehead atoms. The summed E-state index contributed by atoms with van der Waals surface area (Å²) < 4.78 is 0. The van der Waals surface area contributed by atoms with Crippen LogP contribution >= 0.6 is 0 Å². The van der Waals surface area contributed by atoms with Crippen LogP contribution in [0.4, 0.5) is 17.1 Å². The van der Waals surface area contributed by atoms with Crippen LogP contribution in [0, 0.1) is 0 Å². The molecule has 5 heteroatoms. The van der Waals surface area contributed by atoms with E-state index in [0.29, 0.717) is 44.8 Å². The molecule has 0 atom stereocenters. The third-order valence-corrected chi connectivity index (χ3v) is 6.25. The van der Waals surface area contributed by atoms with Crippen molar-refractivity contribution in [3.8, 4) is 0 Å². The van der Waals surface area contributed by atoms with E-state index in [-0.39, 0.29) is 23.0 Å². The highest BCUT2D eigenvalue weighted by Crippen LogP contribution is 2.45. The van der Waals surface area contributed by atoms with Gasteiger partial charge in [-0.25, -0.2) is 10.1 Å². The van der Waals surface area contributed by atoms with Gasteiger partial charge in [0.1, 0.15) is 11.3 Å². The topological polar surface area (TPSA) is 79.8 Å². The third kappa shape index (κ3) is 3.03. The van der Waals surface area contributed by atoms with Crippen LogP contribution in [0.25, 0.3) is 5.57 Å². The van der Waals surface area contributed by atoms with Crippen molar-refractivity contribution in [1.29, 1.82) is 0 Å². The molecule has 34 heavy (non-hydrogen) atoms. The van der Waals surface area contributed by atoms with Crippen LogP contribution in [0.15, 0.2) is 103 Å². The van der Waals surface area contributed by atoms with E-state index in [1.807, 2.05) is 60.7 Å². The zero-order valence-electron chi connectivity index (χ0n) is 18.0. The molecule has 0 aromatic heterocycles. The highest BCUT2D eigenvalue weighted by Gasteiger charge is 2.42. The Morgan fingerprint density at radius 1 is 0.676 bits per heavy atom. The van der Waals surface area contributed by atoms with Gasteiger partial charge < -0.3 is 5.32 Å². The molecule has 3 N–H and O–H groups in total. The SMILES string of the molecule is O=C1[NH2+]c2ccc(Nc3ccccc3)c3c2C(=C1C(=O)c1ccccc1)c1ccccc1C3=O. The molecule has 6 rings (SSSR count). The number of nitrogens with two attached hydrogens (primary N) is 1. The number of rotatable bonds is 4. The molecule has 4 aromatic carbocycles. The van der Waals surface area contributed by atoms with E-state index >= 15 is 0 Å². The molecule has 0 spiro atoms. The maximum absolute atomic E-state index is 13.7. The molecule has 0 fully saturated rings. The Bertz CT molecular complexity index is 1540. The van der Waals surface area contributed by atoms with Gasteiger partial charge in [-0.05, 0) is 23.8 Å². The van der Waals surface area contributed by atoms with Gasteiger partial charge in [-0.1, -0.05) is 72.8 Å². The molecule has 2 aliphatic rings. The van der Waals surface area contributed by atoms with Crippen LogP contribution in [0.2, 0.25) is 0 Å². The Morgan fingerprint density at radius 3 is 2.06 bits per heavy atom. The van der Waals surface area contributed by atoms with E-state index in [0.717, 1.165) is 5.69 Å². The maximum Gasteiger partial charge on any atom is 0.352 e. The van der Waals surface area contributed by atoms with Gasteiger partial charge >= 0.3 is 5.91 Å². The number of nitrogens with one attached hydrogen (secondary N) is 1. The zero-order valence-corrected chi connectivity index (χ0v) is 18.0. The van der Waals surface area contributed by atoms with Crippen LogP contribution in [-0.4, -0.2) is 17.5 Å². The molecule has 1 amide bonds. The average molecular weight is 443 g/mol. The monoisotopic (exact) mass is 443 g/mol. The van der Waals surface area contributed by atoms with E-state index in [2.05, 4.69) is 5.32 Å². The molecule has 1 aliphatic heterocycles. The Hall–Kier alpha value is -4.61. The van der Waals surface area contributed by atoms with Gasteiger partial charge in [-0.2, -0.15) is 0 Å². The number of carbonyl (C=O) groups excluding carboxylic acids is 3. The molecule has 1 aliphatic carbocycles. The largest absolute Gasteiger partial charge is 0.355 e. The minimum atomic E-state index is -0.352. The van der Waals surface area contributed by atoms with E-state index < -0.39 is 0 Å². The van der Waals surface area contributed by atoms with Crippen molar-refractivity contribution in [2.75, 3.05) is 5.32 Å². The fourth-order valence-corrected chi connectivity index (χ4v) is 4.75. The molecule has 0 radical (unpaired) electrons. The Morgan fingerprint density at radius 2 is 1.32 bits per heavy atom. The highest BCUT2D eigenvalue weighted by molar-refractivity contribution is 6.34. The van der Waals surface area contributed by atoms with Crippen LogP contribution in [-0.2, 0) is 4.79 Å². The van der Waals surface area contributed by atoms with Crippen LogP contribution < -0.4 is 10.6 Å². The van der Waals surface area contributed by atoms with Crippen LogP contribution in [0.1, 0.15) is 37.4 Å². The van der Waals surface area contributed by atoms with Gasteiger partial charge in [-0.15, -0.1) is 0 Å². The first-order valence-corrected chi connectivity index (χ1v) is 11.0. The lowest BCUT2D eigenvalue weighted by molar-refractivity contribution is -0.479. The Balaban J connectivity index is 1.65. The molecule has 5 nitrogen and oxygen atoms in total. The molecule has 1 heterocycles. The minimum Gasteiger partial charge on any atom is -0.355 e. The van der Waals surface area contributed by atoms with E-state index in [1.54, 1.807) is 36.4 Å². The summed E-state index contributed by atoms with van der Waals surface area (Å²) in [6.07, 6.45) is 0. The van der Waals surface area contributed by atoms with Crippen molar-refractivity contribution < 1.29 is 19.7 Å². The van der Waals surface area contributed by atoms with Crippen LogP contribution in [0.3, 0.4) is 0 Å². The smallest absolute Gasteiger partial charge is 0.352 e. The van der Waals surface area contributed by atoms with Crippen molar-refractivity contribution in [3.05, 3.63) is 130 Å². The van der Waals surface area contributed by atoms with E-state index in [9.17, 15) is 14.4 Å². The normalized spacial score (nSPS) is 13.9.